The molecule has 3 aromatic heterocycles. The molecule has 6 rings (SSSR count). The molecule has 2 saturated heterocycles. The van der Waals surface area contributed by atoms with Gasteiger partial charge in [0.15, 0.2) is 11.3 Å². The third-order valence-electron chi connectivity index (χ3n) is 6.70. The molecular weight excluding hydrogens is 430 g/mol. The summed E-state index contributed by atoms with van der Waals surface area (Å²) in [6.07, 6.45) is 0. The second-order valence-corrected chi connectivity index (χ2v) is 9.38. The number of anilines is 2. The minimum atomic E-state index is -0.182. The van der Waals surface area contributed by atoms with Gasteiger partial charge in [-0.15, -0.1) is 0 Å². The summed E-state index contributed by atoms with van der Waals surface area (Å²) in [6.45, 7) is 7.39. The molecule has 1 amide bonds. The molecular formula is C25H29N7O2. The van der Waals surface area contributed by atoms with Crippen LogP contribution in [0, 0.1) is 0 Å². The standard InChI is InChI=1S/C25H29N7O2/c1-14-10-31(11-15(2)27-14)20-9-8-17-22(28-16-12-34-13-16)21(25(33)26-3)24-29-18-6-4-5-7-19(18)32(24)23(17)30-20/h4-9,14-16,27-28H,10-13H2,1-3H3,(H,26,33)/t14-,15+. The number of pyridine rings is 2. The van der Waals surface area contributed by atoms with Crippen LogP contribution in [0.15, 0.2) is 36.4 Å². The van der Waals surface area contributed by atoms with Gasteiger partial charge in [0, 0.05) is 37.6 Å². The van der Waals surface area contributed by atoms with Gasteiger partial charge in [-0.1, -0.05) is 12.1 Å². The lowest BCUT2D eigenvalue weighted by molar-refractivity contribution is 0.0211. The van der Waals surface area contributed by atoms with E-state index in [0.717, 1.165) is 46.7 Å². The molecule has 2 aliphatic rings. The van der Waals surface area contributed by atoms with Gasteiger partial charge in [-0.05, 0) is 38.1 Å². The van der Waals surface area contributed by atoms with Crippen LogP contribution in [-0.4, -0.2) is 71.8 Å². The molecule has 4 aromatic rings. The number of carbonyl (C=O) groups is 1. The fourth-order valence-corrected chi connectivity index (χ4v) is 5.16. The van der Waals surface area contributed by atoms with Gasteiger partial charge in [0.25, 0.3) is 5.91 Å². The number of nitrogens with zero attached hydrogens (tertiary/aromatic N) is 4. The fraction of sp³-hybridized carbons (Fsp3) is 0.400. The van der Waals surface area contributed by atoms with E-state index in [1.165, 1.54) is 0 Å². The quantitative estimate of drug-likeness (QED) is 0.431. The number of hydrogen-bond donors (Lipinski definition) is 3. The largest absolute Gasteiger partial charge is 0.377 e. The predicted molar refractivity (Wildman–Crippen MR) is 134 cm³/mol. The molecule has 2 fully saturated rings. The topological polar surface area (TPSA) is 95.8 Å². The number of nitrogens with one attached hydrogen (secondary N) is 3. The molecule has 9 heteroatoms. The number of para-hydroxylation sites is 2. The van der Waals surface area contributed by atoms with E-state index < -0.39 is 0 Å². The van der Waals surface area contributed by atoms with Gasteiger partial charge >= 0.3 is 0 Å². The molecule has 5 heterocycles. The van der Waals surface area contributed by atoms with Crippen molar-refractivity contribution in [2.24, 2.45) is 0 Å². The molecule has 0 spiro atoms. The van der Waals surface area contributed by atoms with Crippen molar-refractivity contribution in [3.8, 4) is 0 Å². The first kappa shape index (κ1) is 21.1. The molecule has 2 atom stereocenters. The van der Waals surface area contributed by atoms with E-state index in [2.05, 4.69) is 46.8 Å². The number of benzene rings is 1. The van der Waals surface area contributed by atoms with Crippen molar-refractivity contribution in [2.45, 2.75) is 32.0 Å². The average molecular weight is 460 g/mol. The Hall–Kier alpha value is -3.43. The Bertz CT molecular complexity index is 1400. The van der Waals surface area contributed by atoms with Crippen LogP contribution in [0.3, 0.4) is 0 Å². The van der Waals surface area contributed by atoms with E-state index in [4.69, 9.17) is 14.7 Å². The van der Waals surface area contributed by atoms with E-state index in [1.807, 2.05) is 28.7 Å². The van der Waals surface area contributed by atoms with E-state index in [1.54, 1.807) is 7.05 Å². The maximum atomic E-state index is 13.2. The number of carbonyl (C=O) groups excluding carboxylic acids is 1. The molecule has 0 radical (unpaired) electrons. The van der Waals surface area contributed by atoms with Crippen molar-refractivity contribution < 1.29 is 9.53 Å². The monoisotopic (exact) mass is 459 g/mol. The Morgan fingerprint density at radius 1 is 1.06 bits per heavy atom. The summed E-state index contributed by atoms with van der Waals surface area (Å²) in [4.78, 5) is 25.6. The van der Waals surface area contributed by atoms with Crippen LogP contribution in [0.25, 0.3) is 27.7 Å². The minimum Gasteiger partial charge on any atom is -0.377 e. The predicted octanol–water partition coefficient (Wildman–Crippen LogP) is 2.39. The summed E-state index contributed by atoms with van der Waals surface area (Å²) in [5, 5.41) is 10.8. The van der Waals surface area contributed by atoms with E-state index >= 15 is 0 Å². The Kier molecular flexibility index (Phi) is 5.04. The Morgan fingerprint density at radius 2 is 1.82 bits per heavy atom. The highest BCUT2D eigenvalue weighted by molar-refractivity contribution is 6.13. The first-order valence-corrected chi connectivity index (χ1v) is 11.8. The zero-order valence-corrected chi connectivity index (χ0v) is 19.6. The SMILES string of the molecule is CNC(=O)c1c(NC2COC2)c2ccc(N3C[C@@H](C)N[C@@H](C)C3)nc2n2c1nc1ccccc12. The van der Waals surface area contributed by atoms with Gasteiger partial charge in [0.2, 0.25) is 0 Å². The second kappa shape index (κ2) is 8.11. The van der Waals surface area contributed by atoms with Crippen molar-refractivity contribution >= 4 is 45.1 Å². The highest BCUT2D eigenvalue weighted by Gasteiger charge is 2.28. The minimum absolute atomic E-state index is 0.146. The molecule has 9 nitrogen and oxygen atoms in total. The molecule has 3 N–H and O–H groups in total. The number of piperazine rings is 1. The summed E-state index contributed by atoms with van der Waals surface area (Å²) >= 11 is 0. The number of hydrogen-bond acceptors (Lipinski definition) is 7. The third-order valence-corrected chi connectivity index (χ3v) is 6.70. The fourth-order valence-electron chi connectivity index (χ4n) is 5.16. The smallest absolute Gasteiger partial charge is 0.256 e. The summed E-state index contributed by atoms with van der Waals surface area (Å²) in [5.74, 6) is 0.746. The Morgan fingerprint density at radius 3 is 2.53 bits per heavy atom. The van der Waals surface area contributed by atoms with Gasteiger partial charge in [-0.2, -0.15) is 0 Å². The van der Waals surface area contributed by atoms with Crippen LogP contribution in [0.2, 0.25) is 0 Å². The number of aromatic nitrogens is 3. The van der Waals surface area contributed by atoms with Crippen molar-refractivity contribution in [3.63, 3.8) is 0 Å². The molecule has 0 saturated carbocycles. The average Bonchev–Trinajstić information content (AvgIpc) is 3.19. The number of ether oxygens (including phenoxy) is 1. The first-order chi connectivity index (χ1) is 16.5. The maximum Gasteiger partial charge on any atom is 0.256 e. The number of fused-ring (bicyclic) bond motifs is 5. The Labute approximate surface area is 197 Å². The summed E-state index contributed by atoms with van der Waals surface area (Å²) < 4.78 is 7.41. The van der Waals surface area contributed by atoms with Crippen LogP contribution in [-0.2, 0) is 4.74 Å². The van der Waals surface area contributed by atoms with Crippen LogP contribution in [0.1, 0.15) is 24.2 Å². The van der Waals surface area contributed by atoms with Crippen molar-refractivity contribution in [2.75, 3.05) is 43.6 Å². The lowest BCUT2D eigenvalue weighted by Gasteiger charge is -2.37. The van der Waals surface area contributed by atoms with E-state index in [-0.39, 0.29) is 11.9 Å². The third kappa shape index (κ3) is 3.35. The van der Waals surface area contributed by atoms with E-state index in [9.17, 15) is 4.79 Å². The van der Waals surface area contributed by atoms with Crippen molar-refractivity contribution in [1.29, 1.82) is 0 Å². The van der Waals surface area contributed by atoms with Gasteiger partial charge in [0.1, 0.15) is 11.4 Å². The highest BCUT2D eigenvalue weighted by Crippen LogP contribution is 2.35. The van der Waals surface area contributed by atoms with Crippen LogP contribution in [0.4, 0.5) is 11.5 Å². The molecule has 1 aromatic carbocycles. The summed E-state index contributed by atoms with van der Waals surface area (Å²) in [6, 6.07) is 13.0. The lowest BCUT2D eigenvalue weighted by atomic mass is 10.1. The molecule has 176 valence electrons. The Balaban J connectivity index is 1.65. The maximum absolute atomic E-state index is 13.2. The highest BCUT2D eigenvalue weighted by atomic mass is 16.5. The molecule has 0 bridgehead atoms. The van der Waals surface area contributed by atoms with Crippen LogP contribution >= 0.6 is 0 Å². The summed E-state index contributed by atoms with van der Waals surface area (Å²) in [7, 11) is 1.65. The van der Waals surface area contributed by atoms with E-state index in [0.29, 0.717) is 36.5 Å². The van der Waals surface area contributed by atoms with Crippen LogP contribution < -0.4 is 20.9 Å². The summed E-state index contributed by atoms with van der Waals surface area (Å²) in [5.41, 5.74) is 4.43. The number of amides is 1. The van der Waals surface area contributed by atoms with Crippen molar-refractivity contribution in [1.82, 2.24) is 25.0 Å². The van der Waals surface area contributed by atoms with Gasteiger partial charge < -0.3 is 25.6 Å². The van der Waals surface area contributed by atoms with Gasteiger partial charge in [-0.3, -0.25) is 9.20 Å². The van der Waals surface area contributed by atoms with Gasteiger partial charge in [-0.25, -0.2) is 9.97 Å². The van der Waals surface area contributed by atoms with Gasteiger partial charge in [0.05, 0.1) is 36.0 Å². The molecule has 0 unspecified atom stereocenters. The normalized spacial score (nSPS) is 21.2. The zero-order chi connectivity index (χ0) is 23.4. The zero-order valence-electron chi connectivity index (χ0n) is 19.6. The number of imidazole rings is 1. The first-order valence-electron chi connectivity index (χ1n) is 11.8. The molecule has 34 heavy (non-hydrogen) atoms. The van der Waals surface area contributed by atoms with Crippen LogP contribution in [0.5, 0.6) is 0 Å². The second-order valence-electron chi connectivity index (χ2n) is 9.38. The lowest BCUT2D eigenvalue weighted by Crippen LogP contribution is -2.54. The van der Waals surface area contributed by atoms with Crippen molar-refractivity contribution in [3.05, 3.63) is 42.0 Å². The molecule has 0 aliphatic carbocycles. The number of rotatable bonds is 4. The molecule has 2 aliphatic heterocycles.